The van der Waals surface area contributed by atoms with Gasteiger partial charge in [0, 0.05) is 50.8 Å². The molecular weight excluding hydrogens is 654 g/mol. The van der Waals surface area contributed by atoms with Crippen LogP contribution in [0.3, 0.4) is 0 Å². The molecule has 11 heteroatoms. The number of benzene rings is 3. The molecule has 4 amide bonds. The summed E-state index contributed by atoms with van der Waals surface area (Å²) in [5.41, 5.74) is 1.21. The van der Waals surface area contributed by atoms with E-state index in [1.165, 1.54) is 4.90 Å². The molecule has 0 bridgehead atoms. The Labute approximate surface area is 300 Å². The molecule has 0 saturated carbocycles. The van der Waals surface area contributed by atoms with Gasteiger partial charge in [-0.3, -0.25) is 24.2 Å². The zero-order valence-electron chi connectivity index (χ0n) is 29.9. The number of carbonyl (C=O) groups is 4. The van der Waals surface area contributed by atoms with E-state index in [1.807, 2.05) is 36.1 Å². The topological polar surface area (TPSA) is 103 Å². The Morgan fingerprint density at radius 1 is 0.940 bits per heavy atom. The van der Waals surface area contributed by atoms with Gasteiger partial charge in [-0.05, 0) is 80.5 Å². The summed E-state index contributed by atoms with van der Waals surface area (Å²) in [5.74, 6) is -0.497. The van der Waals surface area contributed by atoms with Crippen LogP contribution in [0.5, 0.6) is 0 Å². The summed E-state index contributed by atoms with van der Waals surface area (Å²) in [5, 5.41) is 5.71. The van der Waals surface area contributed by atoms with E-state index in [9.17, 15) is 19.2 Å². The molecular formula is C39H50ClN5O5. The molecule has 2 heterocycles. The van der Waals surface area contributed by atoms with E-state index in [1.54, 1.807) is 44.9 Å². The summed E-state index contributed by atoms with van der Waals surface area (Å²) in [6.07, 6.45) is 1.89. The maximum absolute atomic E-state index is 14.2. The van der Waals surface area contributed by atoms with Crippen LogP contribution < -0.4 is 5.32 Å². The maximum atomic E-state index is 14.2. The molecule has 2 fully saturated rings. The minimum absolute atomic E-state index is 0.0568. The van der Waals surface area contributed by atoms with Crippen LogP contribution in [0.25, 0.3) is 10.8 Å². The number of amides is 4. The zero-order chi connectivity index (χ0) is 36.0. The summed E-state index contributed by atoms with van der Waals surface area (Å²) >= 11 is 6.14. The van der Waals surface area contributed by atoms with Gasteiger partial charge in [-0.15, -0.1) is 0 Å². The van der Waals surface area contributed by atoms with Crippen LogP contribution in [-0.2, 0) is 32.1 Å². The van der Waals surface area contributed by atoms with Gasteiger partial charge in [0.25, 0.3) is 0 Å². The van der Waals surface area contributed by atoms with Crippen LogP contribution in [0.2, 0.25) is 5.02 Å². The minimum Gasteiger partial charge on any atom is -0.444 e. The van der Waals surface area contributed by atoms with Gasteiger partial charge in [0.1, 0.15) is 18.2 Å². The van der Waals surface area contributed by atoms with Gasteiger partial charge in [0.15, 0.2) is 0 Å². The first-order valence-electron chi connectivity index (χ1n) is 17.6. The third kappa shape index (κ3) is 9.14. The van der Waals surface area contributed by atoms with E-state index in [0.717, 1.165) is 21.9 Å². The molecule has 3 aromatic carbocycles. The summed E-state index contributed by atoms with van der Waals surface area (Å²) in [7, 11) is 1.66. The number of ether oxygens (including phenoxy) is 1. The van der Waals surface area contributed by atoms with Crippen LogP contribution in [0.4, 0.5) is 4.79 Å². The van der Waals surface area contributed by atoms with Crippen LogP contribution in [0, 0.1) is 0 Å². The lowest BCUT2D eigenvalue weighted by Gasteiger charge is -2.44. The Hall–Kier alpha value is -4.15. The Morgan fingerprint density at radius 3 is 2.32 bits per heavy atom. The van der Waals surface area contributed by atoms with Crippen LogP contribution in [-0.4, -0.2) is 107 Å². The minimum atomic E-state index is -0.716. The molecule has 3 unspecified atom stereocenters. The quantitative estimate of drug-likeness (QED) is 0.299. The van der Waals surface area contributed by atoms with Gasteiger partial charge in [0.2, 0.25) is 17.7 Å². The van der Waals surface area contributed by atoms with Gasteiger partial charge in [-0.2, -0.15) is 0 Å². The standard InChI is InChI=1S/C39H50ClN5O5/c1-6-32-25-42(34(36(47)41-5)23-28-13-16-29-10-7-8-11-30(29)22-28)20-21-44(32)35(46)26-43(24-27-14-17-31(40)18-15-27)37(48)33-12-9-19-45(33)38(49)50-39(2,3)4/h7-8,10-11,13-18,22,32-34H,6,9,12,19-21,23-26H2,1-5H3,(H,41,47). The van der Waals surface area contributed by atoms with E-state index in [2.05, 4.69) is 40.5 Å². The van der Waals surface area contributed by atoms with E-state index < -0.39 is 23.8 Å². The maximum Gasteiger partial charge on any atom is 0.410 e. The van der Waals surface area contributed by atoms with Gasteiger partial charge >= 0.3 is 6.09 Å². The number of carbonyl (C=O) groups excluding carboxylic acids is 4. The smallest absolute Gasteiger partial charge is 0.410 e. The summed E-state index contributed by atoms with van der Waals surface area (Å²) in [6.45, 7) is 9.41. The average molecular weight is 704 g/mol. The molecule has 3 aromatic rings. The molecule has 2 aliphatic rings. The molecule has 2 saturated heterocycles. The first kappa shape index (κ1) is 37.1. The number of likely N-dealkylation sites (N-methyl/N-ethyl adjacent to an activating group) is 1. The molecule has 50 heavy (non-hydrogen) atoms. The van der Waals surface area contributed by atoms with Crippen molar-refractivity contribution < 1.29 is 23.9 Å². The van der Waals surface area contributed by atoms with Crippen molar-refractivity contribution >= 4 is 46.2 Å². The second kappa shape index (κ2) is 16.2. The first-order chi connectivity index (χ1) is 23.9. The van der Waals surface area contributed by atoms with Crippen LogP contribution >= 0.6 is 11.6 Å². The number of hydrogen-bond acceptors (Lipinski definition) is 6. The van der Waals surface area contributed by atoms with Crippen LogP contribution in [0.1, 0.15) is 58.1 Å². The number of halogens is 1. The lowest BCUT2D eigenvalue weighted by Crippen LogP contribution is -2.61. The second-order valence-corrected chi connectivity index (χ2v) is 14.7. The molecule has 10 nitrogen and oxygen atoms in total. The SMILES string of the molecule is CCC1CN(C(Cc2ccc3ccccc3c2)C(=O)NC)CCN1C(=O)CN(Cc1ccc(Cl)cc1)C(=O)C1CCCN1C(=O)OC(C)(C)C. The van der Waals surface area contributed by atoms with E-state index in [4.69, 9.17) is 16.3 Å². The molecule has 0 aliphatic carbocycles. The number of fused-ring (bicyclic) bond motifs is 1. The van der Waals surface area contributed by atoms with E-state index in [0.29, 0.717) is 56.9 Å². The van der Waals surface area contributed by atoms with Crippen molar-refractivity contribution in [3.63, 3.8) is 0 Å². The number of nitrogens with zero attached hydrogens (tertiary/aromatic N) is 4. The highest BCUT2D eigenvalue weighted by atomic mass is 35.5. The van der Waals surface area contributed by atoms with E-state index in [-0.39, 0.29) is 36.9 Å². The van der Waals surface area contributed by atoms with Crippen molar-refractivity contribution in [2.75, 3.05) is 39.8 Å². The Bertz CT molecular complexity index is 1680. The number of piperazine rings is 1. The first-order valence-corrected chi connectivity index (χ1v) is 18.0. The summed E-state index contributed by atoms with van der Waals surface area (Å²) < 4.78 is 5.62. The molecule has 0 spiro atoms. The third-order valence-electron chi connectivity index (χ3n) is 9.63. The van der Waals surface area contributed by atoms with Crippen molar-refractivity contribution in [3.05, 3.63) is 82.9 Å². The molecule has 5 rings (SSSR count). The number of hydrogen-bond donors (Lipinski definition) is 1. The van der Waals surface area contributed by atoms with Crippen molar-refractivity contribution in [3.8, 4) is 0 Å². The number of rotatable bonds is 10. The fraction of sp³-hybridized carbons (Fsp3) is 0.487. The van der Waals surface area contributed by atoms with Gasteiger partial charge in [-0.1, -0.05) is 73.1 Å². The normalized spacial score (nSPS) is 18.9. The van der Waals surface area contributed by atoms with Crippen molar-refractivity contribution in [2.24, 2.45) is 0 Å². The zero-order valence-corrected chi connectivity index (χ0v) is 30.6. The van der Waals surface area contributed by atoms with Crippen molar-refractivity contribution in [2.45, 2.75) is 83.6 Å². The predicted octanol–water partition coefficient (Wildman–Crippen LogP) is 5.50. The average Bonchev–Trinajstić information content (AvgIpc) is 3.60. The fourth-order valence-corrected chi connectivity index (χ4v) is 7.16. The number of likely N-dealkylation sites (tertiary alicyclic amines) is 1. The van der Waals surface area contributed by atoms with Crippen molar-refractivity contribution in [1.82, 2.24) is 24.9 Å². The fourth-order valence-electron chi connectivity index (χ4n) is 7.03. The molecule has 0 aromatic heterocycles. The molecule has 2 aliphatic heterocycles. The third-order valence-corrected chi connectivity index (χ3v) is 9.88. The lowest BCUT2D eigenvalue weighted by atomic mass is 9.98. The largest absolute Gasteiger partial charge is 0.444 e. The highest BCUT2D eigenvalue weighted by molar-refractivity contribution is 6.30. The van der Waals surface area contributed by atoms with E-state index >= 15 is 0 Å². The molecule has 1 N–H and O–H groups in total. The number of nitrogens with one attached hydrogen (secondary N) is 1. The molecule has 268 valence electrons. The van der Waals surface area contributed by atoms with Gasteiger partial charge in [0.05, 0.1) is 6.04 Å². The molecule has 3 atom stereocenters. The predicted molar refractivity (Wildman–Crippen MR) is 196 cm³/mol. The Morgan fingerprint density at radius 2 is 1.64 bits per heavy atom. The monoisotopic (exact) mass is 703 g/mol. The van der Waals surface area contributed by atoms with Crippen LogP contribution in [0.15, 0.2) is 66.7 Å². The lowest BCUT2D eigenvalue weighted by molar-refractivity contribution is -0.147. The highest BCUT2D eigenvalue weighted by Crippen LogP contribution is 2.25. The second-order valence-electron chi connectivity index (χ2n) is 14.3. The molecule has 0 radical (unpaired) electrons. The van der Waals surface area contributed by atoms with Gasteiger partial charge < -0.3 is 19.9 Å². The summed E-state index contributed by atoms with van der Waals surface area (Å²) in [4.78, 5) is 61.8. The highest BCUT2D eigenvalue weighted by Gasteiger charge is 2.41. The van der Waals surface area contributed by atoms with Crippen molar-refractivity contribution in [1.29, 1.82) is 0 Å². The van der Waals surface area contributed by atoms with Gasteiger partial charge in [-0.25, -0.2) is 4.79 Å². The Kier molecular flexibility index (Phi) is 12.1. The Balaban J connectivity index is 1.32. The summed E-state index contributed by atoms with van der Waals surface area (Å²) in [6, 6.07) is 20.5.